The molecule has 0 aromatic heterocycles. The van der Waals surface area contributed by atoms with Crippen molar-refractivity contribution in [2.75, 3.05) is 12.3 Å². The van der Waals surface area contributed by atoms with Crippen LogP contribution in [-0.2, 0) is 23.6 Å². The summed E-state index contributed by atoms with van der Waals surface area (Å²) in [5.74, 6) is 0.803. The zero-order valence-electron chi connectivity index (χ0n) is 12.8. The first-order chi connectivity index (χ1) is 9.70. The van der Waals surface area contributed by atoms with E-state index < -0.39 is 10.8 Å². The summed E-state index contributed by atoms with van der Waals surface area (Å²) in [6.45, 7) is 5.39. The SMILES string of the molecule is CCNC(C)CCCCS(=O)c1ccc2c(c1)CCC2. The Morgan fingerprint density at radius 2 is 2.05 bits per heavy atom. The third-order valence-electron chi connectivity index (χ3n) is 4.10. The maximum atomic E-state index is 12.3. The van der Waals surface area contributed by atoms with Crippen LogP contribution in [0.3, 0.4) is 0 Å². The van der Waals surface area contributed by atoms with E-state index in [1.54, 1.807) is 0 Å². The number of hydrogen-bond acceptors (Lipinski definition) is 2. The molecule has 2 atom stereocenters. The average molecular weight is 293 g/mol. The summed E-state index contributed by atoms with van der Waals surface area (Å²) in [6, 6.07) is 7.01. The molecule has 0 fully saturated rings. The van der Waals surface area contributed by atoms with E-state index in [9.17, 15) is 4.21 Å². The topological polar surface area (TPSA) is 29.1 Å². The van der Waals surface area contributed by atoms with E-state index in [0.717, 1.165) is 30.0 Å². The standard InChI is InChI=1S/C17H27NOS/c1-3-18-14(2)7-4-5-12-20(19)17-11-10-15-8-6-9-16(15)13-17/h10-11,13-14,18H,3-9,12H2,1-2H3. The number of fused-ring (bicyclic) bond motifs is 1. The van der Waals surface area contributed by atoms with E-state index in [1.807, 2.05) is 0 Å². The van der Waals surface area contributed by atoms with Crippen LogP contribution in [0.5, 0.6) is 0 Å². The molecule has 2 unspecified atom stereocenters. The summed E-state index contributed by atoms with van der Waals surface area (Å²) in [5, 5.41) is 3.42. The van der Waals surface area contributed by atoms with E-state index in [4.69, 9.17) is 0 Å². The number of rotatable bonds is 8. The van der Waals surface area contributed by atoms with Crippen molar-refractivity contribution in [3.05, 3.63) is 29.3 Å². The first kappa shape index (κ1) is 15.7. The lowest BCUT2D eigenvalue weighted by atomic mass is 10.1. The van der Waals surface area contributed by atoms with Gasteiger partial charge in [-0.15, -0.1) is 0 Å². The van der Waals surface area contributed by atoms with E-state index >= 15 is 0 Å². The molecule has 20 heavy (non-hydrogen) atoms. The lowest BCUT2D eigenvalue weighted by Crippen LogP contribution is -2.25. The molecule has 0 bridgehead atoms. The molecule has 0 amide bonds. The van der Waals surface area contributed by atoms with Crippen LogP contribution >= 0.6 is 0 Å². The Morgan fingerprint density at radius 1 is 1.25 bits per heavy atom. The zero-order chi connectivity index (χ0) is 14.4. The first-order valence-electron chi connectivity index (χ1n) is 7.94. The highest BCUT2D eigenvalue weighted by Crippen LogP contribution is 2.24. The predicted octanol–water partition coefficient (Wildman–Crippen LogP) is 3.45. The van der Waals surface area contributed by atoms with Crippen molar-refractivity contribution in [3.63, 3.8) is 0 Å². The highest BCUT2D eigenvalue weighted by molar-refractivity contribution is 7.85. The molecule has 1 aliphatic carbocycles. The molecular weight excluding hydrogens is 266 g/mol. The molecule has 1 N–H and O–H groups in total. The fraction of sp³-hybridized carbons (Fsp3) is 0.647. The van der Waals surface area contributed by atoms with Gasteiger partial charge in [0, 0.05) is 16.7 Å². The fourth-order valence-electron chi connectivity index (χ4n) is 2.94. The van der Waals surface area contributed by atoms with Gasteiger partial charge in [-0.2, -0.15) is 0 Å². The Kier molecular flexibility index (Phi) is 6.24. The van der Waals surface area contributed by atoms with Crippen molar-refractivity contribution >= 4 is 10.8 Å². The largest absolute Gasteiger partial charge is 0.315 e. The van der Waals surface area contributed by atoms with Gasteiger partial charge in [0.2, 0.25) is 0 Å². The molecule has 1 aromatic rings. The van der Waals surface area contributed by atoms with Crippen LogP contribution in [0.15, 0.2) is 23.1 Å². The van der Waals surface area contributed by atoms with Gasteiger partial charge in [0.15, 0.2) is 0 Å². The number of unbranched alkanes of at least 4 members (excludes halogenated alkanes) is 1. The van der Waals surface area contributed by atoms with Gasteiger partial charge in [-0.3, -0.25) is 4.21 Å². The van der Waals surface area contributed by atoms with E-state index in [1.165, 1.54) is 36.8 Å². The average Bonchev–Trinajstić information content (AvgIpc) is 2.91. The Hall–Kier alpha value is -0.670. The Morgan fingerprint density at radius 3 is 2.85 bits per heavy atom. The van der Waals surface area contributed by atoms with Gasteiger partial charge in [-0.25, -0.2) is 0 Å². The molecule has 1 aliphatic rings. The molecule has 2 rings (SSSR count). The Balaban J connectivity index is 1.75. The maximum Gasteiger partial charge on any atom is 0.0529 e. The molecular formula is C17H27NOS. The van der Waals surface area contributed by atoms with Gasteiger partial charge in [-0.1, -0.05) is 19.4 Å². The molecule has 0 saturated heterocycles. The van der Waals surface area contributed by atoms with Crippen LogP contribution in [-0.4, -0.2) is 22.5 Å². The van der Waals surface area contributed by atoms with E-state index in [0.29, 0.717) is 6.04 Å². The van der Waals surface area contributed by atoms with Crippen molar-refractivity contribution < 1.29 is 4.21 Å². The number of nitrogens with one attached hydrogen (secondary N) is 1. The molecule has 0 saturated carbocycles. The van der Waals surface area contributed by atoms with Gasteiger partial charge in [-0.05, 0) is 68.8 Å². The summed E-state index contributed by atoms with van der Waals surface area (Å²) in [4.78, 5) is 1.03. The van der Waals surface area contributed by atoms with Crippen molar-refractivity contribution in [1.82, 2.24) is 5.32 Å². The molecule has 112 valence electrons. The van der Waals surface area contributed by atoms with Crippen LogP contribution in [0.25, 0.3) is 0 Å². The summed E-state index contributed by atoms with van der Waals surface area (Å²) in [7, 11) is -0.815. The van der Waals surface area contributed by atoms with Crippen LogP contribution in [0.1, 0.15) is 50.7 Å². The van der Waals surface area contributed by atoms with Gasteiger partial charge in [0.05, 0.1) is 10.8 Å². The fourth-order valence-corrected chi connectivity index (χ4v) is 4.14. The predicted molar refractivity (Wildman–Crippen MR) is 86.7 cm³/mol. The normalized spacial score (nSPS) is 16.9. The number of benzene rings is 1. The van der Waals surface area contributed by atoms with E-state index in [2.05, 4.69) is 37.4 Å². The van der Waals surface area contributed by atoms with Gasteiger partial charge >= 0.3 is 0 Å². The summed E-state index contributed by atoms with van der Waals surface area (Å²) in [6.07, 6.45) is 7.01. The number of hydrogen-bond donors (Lipinski definition) is 1. The van der Waals surface area contributed by atoms with Crippen molar-refractivity contribution in [3.8, 4) is 0 Å². The summed E-state index contributed by atoms with van der Waals surface area (Å²) >= 11 is 0. The quantitative estimate of drug-likeness (QED) is 0.744. The van der Waals surface area contributed by atoms with Gasteiger partial charge < -0.3 is 5.32 Å². The number of aryl methyl sites for hydroxylation is 2. The molecule has 2 nitrogen and oxygen atoms in total. The highest BCUT2D eigenvalue weighted by Gasteiger charge is 2.13. The monoisotopic (exact) mass is 293 g/mol. The highest BCUT2D eigenvalue weighted by atomic mass is 32.2. The zero-order valence-corrected chi connectivity index (χ0v) is 13.6. The van der Waals surface area contributed by atoms with Crippen molar-refractivity contribution in [2.24, 2.45) is 0 Å². The first-order valence-corrected chi connectivity index (χ1v) is 9.26. The lowest BCUT2D eigenvalue weighted by Gasteiger charge is -2.11. The smallest absolute Gasteiger partial charge is 0.0529 e. The molecule has 0 heterocycles. The maximum absolute atomic E-state index is 12.3. The second kappa shape index (κ2) is 7.94. The molecule has 0 spiro atoms. The van der Waals surface area contributed by atoms with Crippen LogP contribution in [0.4, 0.5) is 0 Å². The molecule has 1 aromatic carbocycles. The Bertz CT molecular complexity index is 458. The lowest BCUT2D eigenvalue weighted by molar-refractivity contribution is 0.509. The summed E-state index contributed by atoms with van der Waals surface area (Å²) < 4.78 is 12.3. The Labute approximate surface area is 125 Å². The molecule has 0 radical (unpaired) electrons. The van der Waals surface area contributed by atoms with E-state index in [-0.39, 0.29) is 0 Å². The van der Waals surface area contributed by atoms with Gasteiger partial charge in [0.1, 0.15) is 0 Å². The third-order valence-corrected chi connectivity index (χ3v) is 5.54. The molecule has 3 heteroatoms. The van der Waals surface area contributed by atoms with Crippen LogP contribution in [0, 0.1) is 0 Å². The second-order valence-corrected chi connectivity index (χ2v) is 7.36. The minimum Gasteiger partial charge on any atom is -0.315 e. The third kappa shape index (κ3) is 4.42. The molecule has 0 aliphatic heterocycles. The van der Waals surface area contributed by atoms with Crippen molar-refractivity contribution in [2.45, 2.75) is 63.3 Å². The minimum absolute atomic E-state index is 0.577. The van der Waals surface area contributed by atoms with Gasteiger partial charge in [0.25, 0.3) is 0 Å². The van der Waals surface area contributed by atoms with Crippen LogP contribution in [0.2, 0.25) is 0 Å². The van der Waals surface area contributed by atoms with Crippen molar-refractivity contribution in [1.29, 1.82) is 0 Å². The van der Waals surface area contributed by atoms with Crippen LogP contribution < -0.4 is 5.32 Å². The summed E-state index contributed by atoms with van der Waals surface area (Å²) in [5.41, 5.74) is 2.89. The minimum atomic E-state index is -0.815. The second-order valence-electron chi connectivity index (χ2n) is 5.79.